The SMILES string of the molecule is NS(=O)(=O)c1cc(C(=O)NC(CO)C(=O)O)ccc1Cl. The molecule has 0 heterocycles. The van der Waals surface area contributed by atoms with Crippen molar-refractivity contribution in [3.63, 3.8) is 0 Å². The van der Waals surface area contributed by atoms with E-state index in [9.17, 15) is 18.0 Å². The van der Waals surface area contributed by atoms with Gasteiger partial charge in [0, 0.05) is 5.56 Å². The summed E-state index contributed by atoms with van der Waals surface area (Å²) < 4.78 is 22.5. The van der Waals surface area contributed by atoms with Crippen LogP contribution in [0.1, 0.15) is 10.4 Å². The number of aliphatic hydroxyl groups excluding tert-OH is 1. The van der Waals surface area contributed by atoms with Gasteiger partial charge in [0.2, 0.25) is 10.0 Å². The number of carboxylic acids is 1. The average Bonchev–Trinajstić information content (AvgIpc) is 2.34. The number of hydrogen-bond acceptors (Lipinski definition) is 5. The van der Waals surface area contributed by atoms with Gasteiger partial charge < -0.3 is 15.5 Å². The second-order valence-corrected chi connectivity index (χ2v) is 5.67. The Balaban J connectivity index is 3.09. The van der Waals surface area contributed by atoms with Gasteiger partial charge in [-0.15, -0.1) is 0 Å². The lowest BCUT2D eigenvalue weighted by molar-refractivity contribution is -0.140. The summed E-state index contributed by atoms with van der Waals surface area (Å²) in [5, 5.41) is 24.2. The van der Waals surface area contributed by atoms with Crippen LogP contribution in [0.4, 0.5) is 0 Å². The number of amides is 1. The summed E-state index contributed by atoms with van der Waals surface area (Å²) in [6.07, 6.45) is 0. The molecule has 0 aliphatic rings. The Hall–Kier alpha value is -1.68. The molecule has 1 atom stereocenters. The van der Waals surface area contributed by atoms with Crippen molar-refractivity contribution < 1.29 is 28.2 Å². The average molecular weight is 323 g/mol. The van der Waals surface area contributed by atoms with E-state index in [2.05, 4.69) is 0 Å². The van der Waals surface area contributed by atoms with Gasteiger partial charge in [0.15, 0.2) is 6.04 Å². The van der Waals surface area contributed by atoms with Crippen LogP contribution in [0.25, 0.3) is 0 Å². The van der Waals surface area contributed by atoms with E-state index >= 15 is 0 Å². The van der Waals surface area contributed by atoms with Gasteiger partial charge in [0.1, 0.15) is 4.90 Å². The standard InChI is InChI=1S/C10H11ClN2O6S/c11-6-2-1-5(3-8(6)20(12,18)19)9(15)13-7(4-14)10(16)17/h1-3,7,14H,4H2,(H,13,15)(H,16,17)(H2,12,18,19). The van der Waals surface area contributed by atoms with E-state index in [1.807, 2.05) is 5.32 Å². The second-order valence-electron chi connectivity index (χ2n) is 3.74. The van der Waals surface area contributed by atoms with Crippen LogP contribution in [0, 0.1) is 0 Å². The van der Waals surface area contributed by atoms with Crippen molar-refractivity contribution in [1.29, 1.82) is 0 Å². The minimum absolute atomic E-state index is 0.155. The number of nitrogens with two attached hydrogens (primary N) is 1. The molecule has 0 aliphatic carbocycles. The quantitative estimate of drug-likeness (QED) is 0.556. The van der Waals surface area contributed by atoms with Gasteiger partial charge in [-0.2, -0.15) is 0 Å². The molecule has 10 heteroatoms. The Kier molecular flexibility index (Phi) is 5.06. The van der Waals surface area contributed by atoms with Gasteiger partial charge in [-0.3, -0.25) is 4.79 Å². The van der Waals surface area contributed by atoms with Gasteiger partial charge in [-0.25, -0.2) is 18.4 Å². The summed E-state index contributed by atoms with van der Waals surface area (Å²) in [7, 11) is -4.12. The minimum Gasteiger partial charge on any atom is -0.480 e. The second kappa shape index (κ2) is 6.18. The summed E-state index contributed by atoms with van der Waals surface area (Å²) >= 11 is 5.64. The molecule has 5 N–H and O–H groups in total. The normalized spacial score (nSPS) is 12.8. The number of carbonyl (C=O) groups excluding carboxylic acids is 1. The first-order chi connectivity index (χ1) is 9.16. The number of rotatable bonds is 5. The number of aliphatic hydroxyl groups is 1. The molecule has 1 rings (SSSR count). The van der Waals surface area contributed by atoms with Crippen LogP contribution in [0.3, 0.4) is 0 Å². The van der Waals surface area contributed by atoms with E-state index in [4.69, 9.17) is 27.0 Å². The van der Waals surface area contributed by atoms with E-state index in [-0.39, 0.29) is 10.6 Å². The zero-order valence-electron chi connectivity index (χ0n) is 9.91. The Morgan fingerprint density at radius 2 is 2.00 bits per heavy atom. The van der Waals surface area contributed by atoms with E-state index in [0.717, 1.165) is 12.1 Å². The molecule has 1 aromatic rings. The highest BCUT2D eigenvalue weighted by Gasteiger charge is 2.21. The number of benzene rings is 1. The summed E-state index contributed by atoms with van der Waals surface area (Å²) in [6, 6.07) is 1.76. The number of aliphatic carboxylic acids is 1. The summed E-state index contributed by atoms with van der Waals surface area (Å²) in [5.74, 6) is -2.31. The molecule has 0 aromatic heterocycles. The molecule has 110 valence electrons. The molecule has 1 aromatic carbocycles. The highest BCUT2D eigenvalue weighted by atomic mass is 35.5. The third-order valence-corrected chi connectivity index (χ3v) is 3.68. The molecular weight excluding hydrogens is 312 g/mol. The van der Waals surface area contributed by atoms with Crippen LogP contribution >= 0.6 is 11.6 Å². The van der Waals surface area contributed by atoms with Gasteiger partial charge in [-0.05, 0) is 18.2 Å². The molecule has 0 saturated carbocycles. The first-order valence-corrected chi connectivity index (χ1v) is 7.06. The molecule has 0 saturated heterocycles. The number of nitrogens with one attached hydrogen (secondary N) is 1. The molecule has 0 aliphatic heterocycles. The van der Waals surface area contributed by atoms with Crippen molar-refractivity contribution in [2.24, 2.45) is 5.14 Å². The fourth-order valence-electron chi connectivity index (χ4n) is 1.29. The van der Waals surface area contributed by atoms with E-state index in [0.29, 0.717) is 0 Å². The van der Waals surface area contributed by atoms with Crippen LogP contribution in [0.5, 0.6) is 0 Å². The number of halogens is 1. The fraction of sp³-hybridized carbons (Fsp3) is 0.200. The Morgan fingerprint density at radius 3 is 2.45 bits per heavy atom. The molecule has 8 nitrogen and oxygen atoms in total. The van der Waals surface area contributed by atoms with Crippen LogP contribution in [0.2, 0.25) is 5.02 Å². The van der Waals surface area contributed by atoms with Crippen LogP contribution in [-0.2, 0) is 14.8 Å². The topological polar surface area (TPSA) is 147 Å². The van der Waals surface area contributed by atoms with Crippen LogP contribution < -0.4 is 10.5 Å². The number of carbonyl (C=O) groups is 2. The van der Waals surface area contributed by atoms with Crippen LogP contribution in [0.15, 0.2) is 23.1 Å². The molecule has 1 amide bonds. The van der Waals surface area contributed by atoms with Gasteiger partial charge in [0.25, 0.3) is 5.91 Å². The van der Waals surface area contributed by atoms with Gasteiger partial charge in [-0.1, -0.05) is 11.6 Å². The summed E-state index contributed by atoms with van der Waals surface area (Å²) in [4.78, 5) is 22.0. The predicted octanol–water partition coefficient (Wildman–Crippen LogP) is -0.837. The van der Waals surface area contributed by atoms with Crippen molar-refractivity contribution in [3.8, 4) is 0 Å². The minimum atomic E-state index is -4.12. The Bertz CT molecular complexity index is 645. The molecule has 1 unspecified atom stereocenters. The number of primary sulfonamides is 1. The number of hydrogen-bond donors (Lipinski definition) is 4. The first kappa shape index (κ1) is 16.4. The van der Waals surface area contributed by atoms with Gasteiger partial charge >= 0.3 is 5.97 Å². The number of carboxylic acid groups (broad SMARTS) is 1. The summed E-state index contributed by atoms with van der Waals surface area (Å²) in [5.41, 5.74) is -0.155. The third-order valence-electron chi connectivity index (χ3n) is 2.29. The van der Waals surface area contributed by atoms with Crippen molar-refractivity contribution in [1.82, 2.24) is 5.32 Å². The predicted molar refractivity (Wildman–Crippen MR) is 68.8 cm³/mol. The Morgan fingerprint density at radius 1 is 1.40 bits per heavy atom. The molecule has 0 radical (unpaired) electrons. The first-order valence-electron chi connectivity index (χ1n) is 5.13. The van der Waals surface area contributed by atoms with Crippen molar-refractivity contribution >= 4 is 33.5 Å². The van der Waals surface area contributed by atoms with Crippen molar-refractivity contribution in [2.75, 3.05) is 6.61 Å². The maximum absolute atomic E-state index is 11.7. The van der Waals surface area contributed by atoms with Gasteiger partial charge in [0.05, 0.1) is 11.6 Å². The smallest absolute Gasteiger partial charge is 0.328 e. The maximum atomic E-state index is 11.7. The highest BCUT2D eigenvalue weighted by molar-refractivity contribution is 7.89. The lowest BCUT2D eigenvalue weighted by atomic mass is 10.2. The molecule has 0 bridgehead atoms. The number of sulfonamides is 1. The monoisotopic (exact) mass is 322 g/mol. The molecular formula is C10H11ClN2O6S. The molecule has 0 spiro atoms. The zero-order chi connectivity index (χ0) is 15.5. The largest absolute Gasteiger partial charge is 0.480 e. The lowest BCUT2D eigenvalue weighted by Crippen LogP contribution is -2.43. The highest BCUT2D eigenvalue weighted by Crippen LogP contribution is 2.21. The van der Waals surface area contributed by atoms with Crippen molar-refractivity contribution in [3.05, 3.63) is 28.8 Å². The van der Waals surface area contributed by atoms with Crippen molar-refractivity contribution in [2.45, 2.75) is 10.9 Å². The third kappa shape index (κ3) is 3.90. The zero-order valence-corrected chi connectivity index (χ0v) is 11.5. The Labute approximate surface area is 119 Å². The molecule has 20 heavy (non-hydrogen) atoms. The fourth-order valence-corrected chi connectivity index (χ4v) is 2.36. The van der Waals surface area contributed by atoms with E-state index in [1.54, 1.807) is 0 Å². The lowest BCUT2D eigenvalue weighted by Gasteiger charge is -2.12. The maximum Gasteiger partial charge on any atom is 0.328 e. The van der Waals surface area contributed by atoms with E-state index < -0.39 is 39.4 Å². The summed E-state index contributed by atoms with van der Waals surface area (Å²) in [6.45, 7) is -0.809. The molecule has 0 fully saturated rings. The van der Waals surface area contributed by atoms with E-state index in [1.165, 1.54) is 6.07 Å². The van der Waals surface area contributed by atoms with Crippen LogP contribution in [-0.4, -0.2) is 43.2 Å².